The van der Waals surface area contributed by atoms with Crippen LogP contribution in [0.5, 0.6) is 0 Å². The van der Waals surface area contributed by atoms with Gasteiger partial charge in [-0.2, -0.15) is 0 Å². The second-order valence-electron chi connectivity index (χ2n) is 13.7. The molecule has 0 saturated carbocycles. The Labute approximate surface area is 301 Å². The summed E-state index contributed by atoms with van der Waals surface area (Å²) in [6.45, 7) is 0. The molecule has 0 saturated heterocycles. The highest BCUT2D eigenvalue weighted by molar-refractivity contribution is 7.26. The Balaban J connectivity index is 1.14. The number of fused-ring (bicyclic) bond motifs is 13. The van der Waals surface area contributed by atoms with Crippen molar-refractivity contribution in [2.75, 3.05) is 0 Å². The first-order valence-electron chi connectivity index (χ1n) is 17.7. The largest absolute Gasteiger partial charge is 0.456 e. The summed E-state index contributed by atoms with van der Waals surface area (Å²) in [4.78, 5) is 0. The quantitative estimate of drug-likeness (QED) is 0.182. The number of hydrogen-bond donors (Lipinski definition) is 0. The molecule has 0 radical (unpaired) electrons. The van der Waals surface area contributed by atoms with Crippen molar-refractivity contribution in [3.63, 3.8) is 0 Å². The van der Waals surface area contributed by atoms with Crippen LogP contribution in [0.2, 0.25) is 0 Å². The molecule has 52 heavy (non-hydrogen) atoms. The molecule has 4 heterocycles. The topological polar surface area (TPSA) is 23.0 Å². The Morgan fingerprint density at radius 3 is 1.81 bits per heavy atom. The molecule has 4 aromatic heterocycles. The molecule has 0 amide bonds. The first-order chi connectivity index (χ1) is 25.8. The predicted octanol–water partition coefficient (Wildman–Crippen LogP) is 13.8. The van der Waals surface area contributed by atoms with Crippen molar-refractivity contribution in [2.45, 2.75) is 0 Å². The van der Waals surface area contributed by atoms with Gasteiger partial charge in [0.1, 0.15) is 11.2 Å². The van der Waals surface area contributed by atoms with Crippen LogP contribution in [0, 0.1) is 0 Å². The Morgan fingerprint density at radius 1 is 0.365 bits per heavy atom. The number of furan rings is 1. The van der Waals surface area contributed by atoms with E-state index in [1.165, 1.54) is 69.4 Å². The standard InChI is InChI=1S/C48H28N2OS/c1-3-11-31(12-4-1)49-40-23-20-29(25-37(40)38-27-39-33-15-7-9-17-44(33)51-45(39)28-43(38)49)30-19-21-36-42(26-30)50(32-13-5-2-6-14-32)41-24-22-35-34-16-8-10-18-46(34)52-48(35)47(36)41/h1-28H. The highest BCUT2D eigenvalue weighted by Gasteiger charge is 2.20. The molecule has 0 aliphatic rings. The lowest BCUT2D eigenvalue weighted by Crippen LogP contribution is -1.93. The minimum atomic E-state index is 0.904. The summed E-state index contributed by atoms with van der Waals surface area (Å²) in [5.74, 6) is 0. The fraction of sp³-hybridized carbons (Fsp3) is 0. The average molecular weight is 681 g/mol. The fourth-order valence-corrected chi connectivity index (χ4v) is 9.85. The van der Waals surface area contributed by atoms with Gasteiger partial charge in [0.05, 0.1) is 22.1 Å². The maximum Gasteiger partial charge on any atom is 0.137 e. The van der Waals surface area contributed by atoms with Gasteiger partial charge in [0.25, 0.3) is 0 Å². The zero-order valence-corrected chi connectivity index (χ0v) is 28.7. The van der Waals surface area contributed by atoms with Gasteiger partial charge in [0, 0.05) is 69.9 Å². The maximum atomic E-state index is 6.38. The number of thiophene rings is 1. The minimum absolute atomic E-state index is 0.904. The zero-order valence-electron chi connectivity index (χ0n) is 27.9. The van der Waals surface area contributed by atoms with Crippen molar-refractivity contribution in [1.29, 1.82) is 0 Å². The van der Waals surface area contributed by atoms with Gasteiger partial charge < -0.3 is 13.6 Å². The molecule has 0 aliphatic carbocycles. The van der Waals surface area contributed by atoms with Crippen molar-refractivity contribution < 1.29 is 4.42 Å². The number of hydrogen-bond acceptors (Lipinski definition) is 2. The molecule has 12 aromatic rings. The van der Waals surface area contributed by atoms with Gasteiger partial charge >= 0.3 is 0 Å². The molecule has 0 fully saturated rings. The van der Waals surface area contributed by atoms with Gasteiger partial charge in [0.15, 0.2) is 0 Å². The first-order valence-corrected chi connectivity index (χ1v) is 18.5. The lowest BCUT2D eigenvalue weighted by Gasteiger charge is -2.10. The highest BCUT2D eigenvalue weighted by Crippen LogP contribution is 2.45. The summed E-state index contributed by atoms with van der Waals surface area (Å²) in [5, 5.41) is 9.96. The summed E-state index contributed by atoms with van der Waals surface area (Å²) in [5.41, 5.74) is 11.2. The summed E-state index contributed by atoms with van der Waals surface area (Å²) < 4.78 is 13.9. The highest BCUT2D eigenvalue weighted by atomic mass is 32.1. The van der Waals surface area contributed by atoms with Gasteiger partial charge in [-0.05, 0) is 77.9 Å². The van der Waals surface area contributed by atoms with Crippen LogP contribution in [-0.4, -0.2) is 9.13 Å². The smallest absolute Gasteiger partial charge is 0.137 e. The van der Waals surface area contributed by atoms with Crippen molar-refractivity contribution in [3.8, 4) is 22.5 Å². The molecule has 0 atom stereocenters. The molecule has 0 bridgehead atoms. The Kier molecular flexibility index (Phi) is 5.65. The van der Waals surface area contributed by atoms with E-state index in [0.717, 1.165) is 38.8 Å². The third-order valence-corrected chi connectivity index (χ3v) is 12.1. The van der Waals surface area contributed by atoms with Crippen LogP contribution >= 0.6 is 11.3 Å². The number of nitrogens with zero attached hydrogens (tertiary/aromatic N) is 2. The Bertz CT molecular complexity index is 3400. The summed E-state index contributed by atoms with van der Waals surface area (Å²) >= 11 is 1.90. The van der Waals surface area contributed by atoms with E-state index in [9.17, 15) is 0 Å². The maximum absolute atomic E-state index is 6.38. The lowest BCUT2D eigenvalue weighted by molar-refractivity contribution is 0.669. The molecule has 8 aromatic carbocycles. The summed E-state index contributed by atoms with van der Waals surface area (Å²) in [6.07, 6.45) is 0. The van der Waals surface area contributed by atoms with Gasteiger partial charge in [-0.15, -0.1) is 11.3 Å². The number of para-hydroxylation sites is 3. The van der Waals surface area contributed by atoms with E-state index < -0.39 is 0 Å². The molecule has 0 unspecified atom stereocenters. The zero-order chi connectivity index (χ0) is 33.9. The van der Waals surface area contributed by atoms with Gasteiger partial charge in [-0.25, -0.2) is 0 Å². The monoisotopic (exact) mass is 680 g/mol. The van der Waals surface area contributed by atoms with Crippen LogP contribution in [0.3, 0.4) is 0 Å². The van der Waals surface area contributed by atoms with Crippen LogP contribution in [0.25, 0.3) is 108 Å². The molecular formula is C48H28N2OS. The second kappa shape index (κ2) is 10.5. The summed E-state index contributed by atoms with van der Waals surface area (Å²) in [7, 11) is 0. The Morgan fingerprint density at radius 2 is 0.981 bits per heavy atom. The van der Waals surface area contributed by atoms with Crippen LogP contribution in [0.4, 0.5) is 0 Å². The van der Waals surface area contributed by atoms with E-state index in [1.54, 1.807) is 0 Å². The number of rotatable bonds is 3. The van der Waals surface area contributed by atoms with Gasteiger partial charge in [0.2, 0.25) is 0 Å². The van der Waals surface area contributed by atoms with E-state index in [0.29, 0.717) is 0 Å². The molecule has 0 N–H and O–H groups in total. The van der Waals surface area contributed by atoms with Crippen molar-refractivity contribution in [2.24, 2.45) is 0 Å². The lowest BCUT2D eigenvalue weighted by atomic mass is 10.0. The summed E-state index contributed by atoms with van der Waals surface area (Å²) in [6, 6.07) is 61.7. The van der Waals surface area contributed by atoms with Crippen LogP contribution in [-0.2, 0) is 0 Å². The third kappa shape index (κ3) is 3.84. The molecule has 4 heteroatoms. The van der Waals surface area contributed by atoms with Gasteiger partial charge in [-0.1, -0.05) is 97.1 Å². The van der Waals surface area contributed by atoms with Crippen LogP contribution in [0.15, 0.2) is 174 Å². The molecule has 0 spiro atoms. The Hall–Kier alpha value is -6.62. The minimum Gasteiger partial charge on any atom is -0.456 e. The molecule has 0 aliphatic heterocycles. The molecule has 3 nitrogen and oxygen atoms in total. The molecule has 12 rings (SSSR count). The van der Waals surface area contributed by atoms with E-state index in [-0.39, 0.29) is 0 Å². The van der Waals surface area contributed by atoms with E-state index in [1.807, 2.05) is 17.4 Å². The molecular weight excluding hydrogens is 653 g/mol. The van der Waals surface area contributed by atoms with E-state index >= 15 is 0 Å². The first kappa shape index (κ1) is 28.1. The number of aromatic nitrogens is 2. The number of benzene rings is 8. The average Bonchev–Trinajstić information content (AvgIpc) is 3.94. The van der Waals surface area contributed by atoms with Gasteiger partial charge in [-0.3, -0.25) is 0 Å². The van der Waals surface area contributed by atoms with Crippen molar-refractivity contribution >= 4 is 97.1 Å². The van der Waals surface area contributed by atoms with Crippen LogP contribution < -0.4 is 0 Å². The van der Waals surface area contributed by atoms with Crippen LogP contribution in [0.1, 0.15) is 0 Å². The fourth-order valence-electron chi connectivity index (χ4n) is 8.59. The molecule has 242 valence electrons. The SMILES string of the molecule is c1ccc(-n2c3ccc(-c4ccc5c6c7sc8ccccc8c7ccc6n(-c6ccccc6)c5c4)cc3c3cc4c(cc32)oc2ccccc24)cc1. The van der Waals surface area contributed by atoms with E-state index in [4.69, 9.17) is 4.42 Å². The second-order valence-corrected chi connectivity index (χ2v) is 14.8. The normalized spacial score (nSPS) is 12.2. The van der Waals surface area contributed by atoms with Crippen molar-refractivity contribution in [3.05, 3.63) is 170 Å². The van der Waals surface area contributed by atoms with E-state index in [2.05, 4.69) is 173 Å². The van der Waals surface area contributed by atoms with Crippen molar-refractivity contribution in [1.82, 2.24) is 9.13 Å². The predicted molar refractivity (Wildman–Crippen MR) is 221 cm³/mol. The third-order valence-electron chi connectivity index (χ3n) is 10.9.